The summed E-state index contributed by atoms with van der Waals surface area (Å²) in [5.41, 5.74) is 8.11. The fraction of sp³-hybridized carbons (Fsp3) is 0.0588. The van der Waals surface area contributed by atoms with Gasteiger partial charge in [-0.2, -0.15) is 5.10 Å². The number of benzene rings is 2. The van der Waals surface area contributed by atoms with Gasteiger partial charge in [-0.1, -0.05) is 35.9 Å². The number of para-hydroxylation sites is 1. The standard InChI is InChI=1S/C17H15ClN6O/c18-11-7-5-10(6-8-11)14(22-20)9-15-17(25)21-16(24-23-15)12-3-1-2-4-13(12)19/h1-8H,9,19-20H2,(H,21,24,25). The number of nitrogens with two attached hydrogens (primary N) is 2. The van der Waals surface area contributed by atoms with Crippen molar-refractivity contribution in [1.82, 2.24) is 15.2 Å². The zero-order valence-electron chi connectivity index (χ0n) is 13.1. The molecule has 0 spiro atoms. The van der Waals surface area contributed by atoms with Crippen LogP contribution in [0.5, 0.6) is 0 Å². The molecule has 0 unspecified atom stereocenters. The van der Waals surface area contributed by atoms with Gasteiger partial charge in [-0.25, -0.2) is 0 Å². The number of anilines is 1. The highest BCUT2D eigenvalue weighted by Gasteiger charge is 2.13. The van der Waals surface area contributed by atoms with E-state index in [1.807, 2.05) is 0 Å². The molecule has 5 N–H and O–H groups in total. The molecule has 0 saturated heterocycles. The number of nitrogens with zero attached hydrogens (tertiary/aromatic N) is 3. The Balaban J connectivity index is 1.90. The van der Waals surface area contributed by atoms with Crippen LogP contribution in [0.25, 0.3) is 11.4 Å². The summed E-state index contributed by atoms with van der Waals surface area (Å²) in [6.45, 7) is 0. The van der Waals surface area contributed by atoms with Crippen molar-refractivity contribution >= 4 is 23.0 Å². The van der Waals surface area contributed by atoms with Gasteiger partial charge in [0.25, 0.3) is 5.56 Å². The van der Waals surface area contributed by atoms with Gasteiger partial charge >= 0.3 is 0 Å². The van der Waals surface area contributed by atoms with Gasteiger partial charge in [0.15, 0.2) is 5.82 Å². The highest BCUT2D eigenvalue weighted by atomic mass is 35.5. The van der Waals surface area contributed by atoms with E-state index in [0.29, 0.717) is 27.8 Å². The van der Waals surface area contributed by atoms with Crippen LogP contribution in [0.3, 0.4) is 0 Å². The number of halogens is 1. The van der Waals surface area contributed by atoms with E-state index in [-0.39, 0.29) is 17.7 Å². The largest absolute Gasteiger partial charge is 0.398 e. The van der Waals surface area contributed by atoms with Crippen molar-refractivity contribution in [3.8, 4) is 11.4 Å². The third kappa shape index (κ3) is 3.67. The third-order valence-corrected chi connectivity index (χ3v) is 3.90. The number of H-pyrrole nitrogens is 1. The second-order valence-corrected chi connectivity index (χ2v) is 5.73. The summed E-state index contributed by atoms with van der Waals surface area (Å²) < 4.78 is 0. The summed E-state index contributed by atoms with van der Waals surface area (Å²) in [6, 6.07) is 14.1. The topological polar surface area (TPSA) is 123 Å². The molecule has 0 atom stereocenters. The molecular weight excluding hydrogens is 340 g/mol. The predicted octanol–water partition coefficient (Wildman–Crippen LogP) is 1.97. The van der Waals surface area contributed by atoms with Crippen LogP contribution in [0.15, 0.2) is 58.4 Å². The Labute approximate surface area is 148 Å². The molecular formula is C17H15ClN6O. The molecule has 126 valence electrons. The molecule has 0 aliphatic carbocycles. The quantitative estimate of drug-likeness (QED) is 0.286. The Morgan fingerprint density at radius 2 is 1.84 bits per heavy atom. The molecule has 1 heterocycles. The fourth-order valence-corrected chi connectivity index (χ4v) is 2.46. The second-order valence-electron chi connectivity index (χ2n) is 5.30. The number of hydrogen-bond donors (Lipinski definition) is 3. The molecule has 0 radical (unpaired) electrons. The Bertz CT molecular complexity index is 981. The number of aromatic nitrogens is 3. The summed E-state index contributed by atoms with van der Waals surface area (Å²) in [7, 11) is 0. The van der Waals surface area contributed by atoms with Crippen LogP contribution in [0.1, 0.15) is 11.3 Å². The summed E-state index contributed by atoms with van der Waals surface area (Å²) in [4.78, 5) is 15.0. The maximum Gasteiger partial charge on any atom is 0.273 e. The molecule has 1 aromatic heterocycles. The molecule has 0 aliphatic heterocycles. The van der Waals surface area contributed by atoms with Gasteiger partial charge in [-0.15, -0.1) is 10.2 Å². The van der Waals surface area contributed by atoms with Crippen molar-refractivity contribution in [2.75, 3.05) is 5.73 Å². The lowest BCUT2D eigenvalue weighted by Gasteiger charge is -2.06. The lowest BCUT2D eigenvalue weighted by Crippen LogP contribution is -2.22. The molecule has 0 aliphatic rings. The van der Waals surface area contributed by atoms with Crippen molar-refractivity contribution in [3.63, 3.8) is 0 Å². The monoisotopic (exact) mass is 354 g/mol. The highest BCUT2D eigenvalue weighted by molar-refractivity contribution is 6.30. The van der Waals surface area contributed by atoms with Crippen molar-refractivity contribution in [1.29, 1.82) is 0 Å². The number of aromatic amines is 1. The summed E-state index contributed by atoms with van der Waals surface area (Å²) in [6.07, 6.45) is 0.144. The number of nitrogen functional groups attached to an aromatic ring is 1. The van der Waals surface area contributed by atoms with Crippen molar-refractivity contribution in [2.45, 2.75) is 6.42 Å². The Kier molecular flexibility index (Phi) is 4.76. The zero-order chi connectivity index (χ0) is 17.8. The molecule has 3 aromatic rings. The molecule has 2 aromatic carbocycles. The van der Waals surface area contributed by atoms with Crippen LogP contribution in [0.4, 0.5) is 5.69 Å². The van der Waals surface area contributed by atoms with Crippen molar-refractivity contribution in [3.05, 3.63) is 75.2 Å². The Morgan fingerprint density at radius 1 is 1.12 bits per heavy atom. The van der Waals surface area contributed by atoms with Gasteiger partial charge in [0.1, 0.15) is 5.69 Å². The van der Waals surface area contributed by atoms with E-state index >= 15 is 0 Å². The van der Waals surface area contributed by atoms with Crippen LogP contribution in [0, 0.1) is 0 Å². The van der Waals surface area contributed by atoms with Crippen molar-refractivity contribution < 1.29 is 0 Å². The van der Waals surface area contributed by atoms with Crippen LogP contribution < -0.4 is 17.1 Å². The molecule has 8 heteroatoms. The molecule has 0 amide bonds. The minimum atomic E-state index is -0.372. The van der Waals surface area contributed by atoms with E-state index in [0.717, 1.165) is 5.56 Å². The first kappa shape index (κ1) is 16.7. The highest BCUT2D eigenvalue weighted by Crippen LogP contribution is 2.20. The third-order valence-electron chi connectivity index (χ3n) is 3.65. The van der Waals surface area contributed by atoms with E-state index < -0.39 is 0 Å². The smallest absolute Gasteiger partial charge is 0.273 e. The number of hydrogen-bond acceptors (Lipinski definition) is 6. The van der Waals surface area contributed by atoms with E-state index in [9.17, 15) is 4.79 Å². The SMILES string of the molecule is NN=C(Cc1nnc(-c2ccccc2N)[nH]c1=O)c1ccc(Cl)cc1. The fourth-order valence-electron chi connectivity index (χ4n) is 2.33. The second kappa shape index (κ2) is 7.14. The normalized spacial score (nSPS) is 11.5. The van der Waals surface area contributed by atoms with Crippen LogP contribution in [0.2, 0.25) is 5.02 Å². The minimum absolute atomic E-state index is 0.144. The molecule has 25 heavy (non-hydrogen) atoms. The molecule has 0 fully saturated rings. The Morgan fingerprint density at radius 3 is 2.48 bits per heavy atom. The first-order valence-electron chi connectivity index (χ1n) is 7.42. The van der Waals surface area contributed by atoms with E-state index in [1.165, 1.54) is 0 Å². The molecule has 3 rings (SSSR count). The summed E-state index contributed by atoms with van der Waals surface area (Å²) in [5, 5.41) is 12.4. The first-order chi connectivity index (χ1) is 12.1. The van der Waals surface area contributed by atoms with Crippen LogP contribution in [-0.2, 0) is 6.42 Å². The first-order valence-corrected chi connectivity index (χ1v) is 7.79. The average molecular weight is 355 g/mol. The predicted molar refractivity (Wildman–Crippen MR) is 98.4 cm³/mol. The zero-order valence-corrected chi connectivity index (χ0v) is 13.9. The molecule has 0 bridgehead atoms. The van der Waals surface area contributed by atoms with Crippen LogP contribution >= 0.6 is 11.6 Å². The van der Waals surface area contributed by atoms with Gasteiger partial charge in [0.05, 0.1) is 5.71 Å². The van der Waals surface area contributed by atoms with Gasteiger partial charge in [-0.05, 0) is 29.8 Å². The van der Waals surface area contributed by atoms with E-state index in [4.69, 9.17) is 23.2 Å². The summed E-state index contributed by atoms with van der Waals surface area (Å²) in [5.74, 6) is 5.77. The number of rotatable bonds is 4. The Hall–Kier alpha value is -3.19. The van der Waals surface area contributed by atoms with E-state index in [1.54, 1.807) is 48.5 Å². The van der Waals surface area contributed by atoms with Gasteiger partial charge in [0, 0.05) is 22.7 Å². The van der Waals surface area contributed by atoms with Crippen LogP contribution in [-0.4, -0.2) is 20.9 Å². The summed E-state index contributed by atoms with van der Waals surface area (Å²) >= 11 is 5.87. The lowest BCUT2D eigenvalue weighted by molar-refractivity contribution is 0.889. The number of nitrogens with one attached hydrogen (secondary N) is 1. The van der Waals surface area contributed by atoms with E-state index in [2.05, 4.69) is 20.3 Å². The van der Waals surface area contributed by atoms with Gasteiger partial charge in [-0.3, -0.25) is 4.79 Å². The lowest BCUT2D eigenvalue weighted by atomic mass is 10.1. The van der Waals surface area contributed by atoms with Gasteiger partial charge < -0.3 is 16.6 Å². The average Bonchev–Trinajstić information content (AvgIpc) is 2.62. The molecule has 0 saturated carbocycles. The maximum absolute atomic E-state index is 12.3. The number of hydrazone groups is 1. The molecule has 7 nitrogen and oxygen atoms in total. The van der Waals surface area contributed by atoms with Gasteiger partial charge in [0.2, 0.25) is 0 Å². The van der Waals surface area contributed by atoms with Crippen molar-refractivity contribution in [2.24, 2.45) is 10.9 Å². The maximum atomic E-state index is 12.3. The minimum Gasteiger partial charge on any atom is -0.398 e.